The number of aryl methyl sites for hydroxylation is 1. The van der Waals surface area contributed by atoms with Crippen LogP contribution in [0.4, 0.5) is 0 Å². The normalized spacial score (nSPS) is 14.9. The minimum Gasteiger partial charge on any atom is -0.388 e. The topological polar surface area (TPSA) is 78.4 Å². The standard InChI is InChI=1S/C20H32N2O3/c1-13(2)11-17(19(24)21-12-20(6,25)14(3)4)22-18(23)16-10-8-7-9-15(16)5/h7-10,13-14,17,25H,11-12H2,1-6H3,(H,21,24)(H,22,23). The number of amides is 2. The molecule has 3 N–H and O–H groups in total. The minimum absolute atomic E-state index is 0.0120. The number of benzene rings is 1. The Morgan fingerprint density at radius 3 is 2.28 bits per heavy atom. The lowest BCUT2D eigenvalue weighted by Gasteiger charge is -2.29. The van der Waals surface area contributed by atoms with E-state index >= 15 is 0 Å². The summed E-state index contributed by atoms with van der Waals surface area (Å²) < 4.78 is 0. The maximum Gasteiger partial charge on any atom is 0.252 e. The van der Waals surface area contributed by atoms with Crippen molar-refractivity contribution in [3.05, 3.63) is 35.4 Å². The third kappa shape index (κ3) is 6.50. The lowest BCUT2D eigenvalue weighted by molar-refractivity contribution is -0.124. The molecule has 0 aliphatic rings. The van der Waals surface area contributed by atoms with Gasteiger partial charge >= 0.3 is 0 Å². The van der Waals surface area contributed by atoms with E-state index in [0.29, 0.717) is 12.0 Å². The van der Waals surface area contributed by atoms with Gasteiger partial charge in [-0.1, -0.05) is 45.9 Å². The zero-order chi connectivity index (χ0) is 19.2. The zero-order valence-electron chi connectivity index (χ0n) is 16.2. The second kappa shape index (κ2) is 8.99. The SMILES string of the molecule is Cc1ccccc1C(=O)NC(CC(C)C)C(=O)NCC(C)(O)C(C)C. The van der Waals surface area contributed by atoms with Crippen LogP contribution in [-0.4, -0.2) is 35.1 Å². The fourth-order valence-electron chi connectivity index (χ4n) is 2.36. The molecule has 140 valence electrons. The molecule has 0 spiro atoms. The molecular formula is C20H32N2O3. The molecule has 1 rings (SSSR count). The highest BCUT2D eigenvalue weighted by molar-refractivity contribution is 5.98. The molecule has 5 nitrogen and oxygen atoms in total. The third-order valence-electron chi connectivity index (χ3n) is 4.58. The molecule has 0 bridgehead atoms. The highest BCUT2D eigenvalue weighted by atomic mass is 16.3. The summed E-state index contributed by atoms with van der Waals surface area (Å²) in [7, 11) is 0. The molecule has 2 amide bonds. The van der Waals surface area contributed by atoms with Crippen molar-refractivity contribution in [2.45, 2.75) is 59.6 Å². The maximum atomic E-state index is 12.6. The van der Waals surface area contributed by atoms with Crippen LogP contribution in [0.25, 0.3) is 0 Å². The van der Waals surface area contributed by atoms with Crippen molar-refractivity contribution in [3.63, 3.8) is 0 Å². The fourth-order valence-corrected chi connectivity index (χ4v) is 2.36. The van der Waals surface area contributed by atoms with E-state index in [4.69, 9.17) is 0 Å². The summed E-state index contributed by atoms with van der Waals surface area (Å²) in [5.41, 5.74) is 0.447. The summed E-state index contributed by atoms with van der Waals surface area (Å²) in [5, 5.41) is 15.9. The van der Waals surface area contributed by atoms with Crippen LogP contribution >= 0.6 is 0 Å². The zero-order valence-corrected chi connectivity index (χ0v) is 16.2. The summed E-state index contributed by atoms with van der Waals surface area (Å²) in [4.78, 5) is 25.1. The van der Waals surface area contributed by atoms with E-state index in [-0.39, 0.29) is 30.2 Å². The number of rotatable bonds is 8. The van der Waals surface area contributed by atoms with E-state index in [0.717, 1.165) is 5.56 Å². The van der Waals surface area contributed by atoms with Gasteiger partial charge in [-0.05, 0) is 43.7 Å². The molecule has 1 aromatic rings. The van der Waals surface area contributed by atoms with Crippen LogP contribution < -0.4 is 10.6 Å². The number of carbonyl (C=O) groups is 2. The monoisotopic (exact) mass is 348 g/mol. The highest BCUT2D eigenvalue weighted by Gasteiger charge is 2.28. The molecule has 2 unspecified atom stereocenters. The van der Waals surface area contributed by atoms with Gasteiger partial charge < -0.3 is 15.7 Å². The van der Waals surface area contributed by atoms with Gasteiger partial charge in [-0.2, -0.15) is 0 Å². The van der Waals surface area contributed by atoms with Crippen molar-refractivity contribution in [2.24, 2.45) is 11.8 Å². The van der Waals surface area contributed by atoms with E-state index in [2.05, 4.69) is 10.6 Å². The van der Waals surface area contributed by atoms with E-state index in [1.165, 1.54) is 0 Å². The van der Waals surface area contributed by atoms with E-state index in [1.54, 1.807) is 19.1 Å². The summed E-state index contributed by atoms with van der Waals surface area (Å²) in [6.45, 7) is 11.5. The Labute approximate surface area is 151 Å². The molecule has 5 heteroatoms. The third-order valence-corrected chi connectivity index (χ3v) is 4.58. The minimum atomic E-state index is -0.988. The molecule has 0 heterocycles. The summed E-state index contributed by atoms with van der Waals surface area (Å²) in [6.07, 6.45) is 0.535. The fraction of sp³-hybridized carbons (Fsp3) is 0.600. The van der Waals surface area contributed by atoms with Crippen molar-refractivity contribution in [3.8, 4) is 0 Å². The molecule has 0 aliphatic carbocycles. The molecule has 0 radical (unpaired) electrons. The predicted octanol–water partition coefficient (Wildman–Crippen LogP) is 2.66. The van der Waals surface area contributed by atoms with Crippen LogP contribution in [-0.2, 0) is 4.79 Å². The smallest absolute Gasteiger partial charge is 0.252 e. The molecule has 0 fully saturated rings. The first-order valence-corrected chi connectivity index (χ1v) is 8.91. The second-order valence-corrected chi connectivity index (χ2v) is 7.70. The number of nitrogens with one attached hydrogen (secondary N) is 2. The lowest BCUT2D eigenvalue weighted by Crippen LogP contribution is -2.52. The Kier molecular flexibility index (Phi) is 7.61. The van der Waals surface area contributed by atoms with Crippen LogP contribution in [0.1, 0.15) is 57.0 Å². The largest absolute Gasteiger partial charge is 0.388 e. The van der Waals surface area contributed by atoms with Gasteiger partial charge in [0.05, 0.1) is 5.60 Å². The first-order valence-electron chi connectivity index (χ1n) is 8.91. The molecule has 2 atom stereocenters. The van der Waals surface area contributed by atoms with Gasteiger partial charge in [-0.25, -0.2) is 0 Å². The Morgan fingerprint density at radius 1 is 1.16 bits per heavy atom. The van der Waals surface area contributed by atoms with E-state index in [1.807, 2.05) is 46.8 Å². The highest BCUT2D eigenvalue weighted by Crippen LogP contribution is 2.15. The summed E-state index contributed by atoms with van der Waals surface area (Å²) in [6, 6.07) is 6.66. The van der Waals surface area contributed by atoms with Crippen LogP contribution in [0.5, 0.6) is 0 Å². The molecule has 0 saturated heterocycles. The van der Waals surface area contributed by atoms with Gasteiger partial charge in [0.1, 0.15) is 6.04 Å². The maximum absolute atomic E-state index is 12.6. The Balaban J connectivity index is 2.81. The van der Waals surface area contributed by atoms with Crippen molar-refractivity contribution >= 4 is 11.8 Å². The lowest BCUT2D eigenvalue weighted by atomic mass is 9.92. The summed E-state index contributed by atoms with van der Waals surface area (Å²) in [5.74, 6) is -0.262. The second-order valence-electron chi connectivity index (χ2n) is 7.70. The molecular weight excluding hydrogens is 316 g/mol. The van der Waals surface area contributed by atoms with Crippen molar-refractivity contribution in [1.29, 1.82) is 0 Å². The van der Waals surface area contributed by atoms with Gasteiger partial charge in [-0.15, -0.1) is 0 Å². The van der Waals surface area contributed by atoms with Crippen LogP contribution in [0, 0.1) is 18.8 Å². The Morgan fingerprint density at radius 2 is 1.76 bits per heavy atom. The molecule has 0 aliphatic heterocycles. The molecule has 0 aromatic heterocycles. The van der Waals surface area contributed by atoms with Gasteiger partial charge in [0.2, 0.25) is 5.91 Å². The van der Waals surface area contributed by atoms with Crippen molar-refractivity contribution in [2.75, 3.05) is 6.54 Å². The van der Waals surface area contributed by atoms with Gasteiger partial charge in [0.25, 0.3) is 5.91 Å². The Bertz CT molecular complexity index is 594. The number of carbonyl (C=O) groups excluding carboxylic acids is 2. The van der Waals surface area contributed by atoms with E-state index in [9.17, 15) is 14.7 Å². The van der Waals surface area contributed by atoms with Crippen molar-refractivity contribution in [1.82, 2.24) is 10.6 Å². The molecule has 1 aromatic carbocycles. The van der Waals surface area contributed by atoms with Gasteiger partial charge in [0, 0.05) is 12.1 Å². The predicted molar refractivity (Wildman–Crippen MR) is 100 cm³/mol. The van der Waals surface area contributed by atoms with Crippen LogP contribution in [0.15, 0.2) is 24.3 Å². The van der Waals surface area contributed by atoms with Crippen molar-refractivity contribution < 1.29 is 14.7 Å². The molecule has 0 saturated carbocycles. The van der Waals surface area contributed by atoms with Gasteiger partial charge in [-0.3, -0.25) is 9.59 Å². The van der Waals surface area contributed by atoms with Gasteiger partial charge in [0.15, 0.2) is 0 Å². The van der Waals surface area contributed by atoms with E-state index < -0.39 is 11.6 Å². The molecule has 25 heavy (non-hydrogen) atoms. The number of hydrogen-bond donors (Lipinski definition) is 3. The first-order chi connectivity index (χ1) is 11.5. The Hall–Kier alpha value is -1.88. The first kappa shape index (κ1) is 21.2. The number of aliphatic hydroxyl groups is 1. The van der Waals surface area contributed by atoms with Crippen LogP contribution in [0.2, 0.25) is 0 Å². The van der Waals surface area contributed by atoms with Crippen LogP contribution in [0.3, 0.4) is 0 Å². The number of hydrogen-bond acceptors (Lipinski definition) is 3. The quantitative estimate of drug-likeness (QED) is 0.676. The average Bonchev–Trinajstić information content (AvgIpc) is 2.51. The average molecular weight is 348 g/mol. The summed E-state index contributed by atoms with van der Waals surface area (Å²) >= 11 is 0.